The summed E-state index contributed by atoms with van der Waals surface area (Å²) >= 11 is 0. The predicted molar refractivity (Wildman–Crippen MR) is 53.1 cm³/mol. The van der Waals surface area contributed by atoms with Crippen LogP contribution in [0.2, 0.25) is 0 Å². The lowest BCUT2D eigenvalue weighted by Crippen LogP contribution is -1.81. The molecule has 0 aliphatic rings. The van der Waals surface area contributed by atoms with E-state index in [-0.39, 0.29) is 0 Å². The summed E-state index contributed by atoms with van der Waals surface area (Å²) in [5, 5.41) is 27.9. The molecule has 0 heterocycles. The van der Waals surface area contributed by atoms with Gasteiger partial charge in [-0.25, -0.2) is 9.59 Å². The second-order valence-corrected chi connectivity index (χ2v) is 1.68. The molecule has 86 valence electrons. The van der Waals surface area contributed by atoms with Crippen LogP contribution in [0.3, 0.4) is 0 Å². The molecule has 0 saturated heterocycles. The van der Waals surface area contributed by atoms with Crippen LogP contribution in [0.4, 0.5) is 9.59 Å². The third-order valence-corrected chi connectivity index (χ3v) is 0. The van der Waals surface area contributed by atoms with Crippen molar-refractivity contribution >= 4 is 12.3 Å². The first kappa shape index (κ1) is 22.8. The van der Waals surface area contributed by atoms with E-state index in [0.29, 0.717) is 0 Å². The lowest BCUT2D eigenvalue weighted by molar-refractivity contribution is 0.135. The van der Waals surface area contributed by atoms with Gasteiger partial charge in [0, 0.05) is 0 Å². The maximum atomic E-state index is 8.56. The van der Waals surface area contributed by atoms with Crippen molar-refractivity contribution in [3.05, 3.63) is 12.7 Å². The second-order valence-electron chi connectivity index (χ2n) is 1.68. The molecular weight excluding hydrogens is 192 g/mol. The number of hydrogen-bond donors (Lipinski definition) is 4. The Bertz CT molecular complexity index is 112. The Morgan fingerprint density at radius 2 is 1.07 bits per heavy atom. The Morgan fingerprint density at radius 1 is 1.07 bits per heavy atom. The highest BCUT2D eigenvalue weighted by molar-refractivity contribution is 5.53. The van der Waals surface area contributed by atoms with Crippen LogP contribution in [0.1, 0.15) is 27.2 Å². The fraction of sp³-hybridized carbons (Fsp3) is 0.500. The summed E-state index contributed by atoms with van der Waals surface area (Å²) in [5.41, 5.74) is 0. The minimum absolute atomic E-state index is 1.25. The number of hydrogen-bond acceptors (Lipinski definition) is 2. The molecule has 14 heavy (non-hydrogen) atoms. The Morgan fingerprint density at radius 3 is 1.07 bits per heavy atom. The molecule has 0 radical (unpaired) electrons. The summed E-state index contributed by atoms with van der Waals surface area (Å²) < 4.78 is 0. The van der Waals surface area contributed by atoms with Gasteiger partial charge in [-0.05, 0) is 6.92 Å². The monoisotopic (exact) mass is 210 g/mol. The molecule has 0 saturated carbocycles. The maximum absolute atomic E-state index is 8.56. The quantitative estimate of drug-likeness (QED) is 0.457. The van der Waals surface area contributed by atoms with E-state index in [1.807, 2.05) is 6.92 Å². The summed E-state index contributed by atoms with van der Waals surface area (Å²) in [5.74, 6) is 0. The van der Waals surface area contributed by atoms with Crippen molar-refractivity contribution in [2.45, 2.75) is 27.2 Å². The summed E-state index contributed by atoms with van der Waals surface area (Å²) in [7, 11) is 0. The van der Waals surface area contributed by atoms with Crippen LogP contribution in [0.25, 0.3) is 0 Å². The third-order valence-electron chi connectivity index (χ3n) is 0. The SMILES string of the molecule is C=CC.CCC.O=C(O)O.O=C(O)O. The molecule has 0 unspecified atom stereocenters. The van der Waals surface area contributed by atoms with Gasteiger partial charge < -0.3 is 20.4 Å². The van der Waals surface area contributed by atoms with E-state index in [1.165, 1.54) is 6.42 Å². The first-order chi connectivity index (χ1) is 6.29. The van der Waals surface area contributed by atoms with E-state index in [1.54, 1.807) is 6.08 Å². The molecule has 0 aromatic carbocycles. The Kier molecular flexibility index (Phi) is 49.2. The molecule has 4 N–H and O–H groups in total. The fourth-order valence-corrected chi connectivity index (χ4v) is 0. The smallest absolute Gasteiger partial charge is 0.450 e. The van der Waals surface area contributed by atoms with Crippen molar-refractivity contribution in [1.29, 1.82) is 0 Å². The molecule has 6 nitrogen and oxygen atoms in total. The van der Waals surface area contributed by atoms with E-state index < -0.39 is 12.3 Å². The molecule has 0 aromatic rings. The highest BCUT2D eigenvalue weighted by Crippen LogP contribution is 1.56. The zero-order chi connectivity index (χ0) is 12.6. The van der Waals surface area contributed by atoms with Gasteiger partial charge in [0.2, 0.25) is 0 Å². The molecule has 0 aliphatic heterocycles. The number of allylic oxidation sites excluding steroid dienone is 1. The number of carboxylic acid groups (broad SMARTS) is 4. The average Bonchev–Trinajstić information content (AvgIpc) is 1.85. The molecule has 6 heteroatoms. The van der Waals surface area contributed by atoms with Gasteiger partial charge in [0.15, 0.2) is 0 Å². The summed E-state index contributed by atoms with van der Waals surface area (Å²) in [6.45, 7) is 9.50. The van der Waals surface area contributed by atoms with Gasteiger partial charge >= 0.3 is 12.3 Å². The normalized spacial score (nSPS) is 5.64. The van der Waals surface area contributed by atoms with Gasteiger partial charge in [0.05, 0.1) is 0 Å². The molecule has 0 fully saturated rings. The summed E-state index contributed by atoms with van der Waals surface area (Å²) in [4.78, 5) is 17.1. The van der Waals surface area contributed by atoms with Gasteiger partial charge in [0.25, 0.3) is 0 Å². The van der Waals surface area contributed by atoms with Gasteiger partial charge in [-0.1, -0.05) is 26.3 Å². The maximum Gasteiger partial charge on any atom is 0.503 e. The van der Waals surface area contributed by atoms with Crippen LogP contribution in [0, 0.1) is 0 Å². The highest BCUT2D eigenvalue weighted by Gasteiger charge is 1.70. The van der Waals surface area contributed by atoms with E-state index in [2.05, 4.69) is 20.4 Å². The fourth-order valence-electron chi connectivity index (χ4n) is 0. The molecule has 0 aliphatic carbocycles. The van der Waals surface area contributed by atoms with Gasteiger partial charge in [-0.2, -0.15) is 0 Å². The highest BCUT2D eigenvalue weighted by atomic mass is 16.6. The van der Waals surface area contributed by atoms with Crippen molar-refractivity contribution in [2.24, 2.45) is 0 Å². The first-order valence-corrected chi connectivity index (χ1v) is 3.70. The van der Waals surface area contributed by atoms with Crippen LogP contribution < -0.4 is 0 Å². The van der Waals surface area contributed by atoms with Crippen LogP contribution in [0.15, 0.2) is 12.7 Å². The molecule has 0 amide bonds. The predicted octanol–water partition coefficient (Wildman–Crippen LogP) is 3.05. The van der Waals surface area contributed by atoms with E-state index in [0.717, 1.165) is 0 Å². The molecule has 0 spiro atoms. The summed E-state index contributed by atoms with van der Waals surface area (Å²) in [6, 6.07) is 0. The van der Waals surface area contributed by atoms with Crippen molar-refractivity contribution in [3.63, 3.8) is 0 Å². The first-order valence-electron chi connectivity index (χ1n) is 3.70. The minimum atomic E-state index is -1.83. The lowest BCUT2D eigenvalue weighted by atomic mass is 10.6. The number of carbonyl (C=O) groups is 2. The van der Waals surface area contributed by atoms with Crippen LogP contribution in [-0.2, 0) is 0 Å². The van der Waals surface area contributed by atoms with E-state index in [9.17, 15) is 0 Å². The second kappa shape index (κ2) is 30.2. The Hall–Kier alpha value is -1.72. The number of rotatable bonds is 0. The lowest BCUT2D eigenvalue weighted by Gasteiger charge is -1.60. The zero-order valence-electron chi connectivity index (χ0n) is 8.60. The molecule has 0 rings (SSSR count). The third kappa shape index (κ3) is 299. The standard InChI is InChI=1S/C3H8.C3H6.2CH2O3/c2*1-3-2;2*2-1(3)4/h3H2,1-2H3;3H,1H2,2H3;2*(H2,2,3,4). The average molecular weight is 210 g/mol. The van der Waals surface area contributed by atoms with Gasteiger partial charge in [0.1, 0.15) is 0 Å². The molecule has 0 bridgehead atoms. The van der Waals surface area contributed by atoms with Crippen molar-refractivity contribution in [2.75, 3.05) is 0 Å². The minimum Gasteiger partial charge on any atom is -0.450 e. The largest absolute Gasteiger partial charge is 0.503 e. The summed E-state index contributed by atoms with van der Waals surface area (Å²) in [6.07, 6.45) is -0.667. The van der Waals surface area contributed by atoms with Crippen molar-refractivity contribution in [1.82, 2.24) is 0 Å². The molecule has 0 atom stereocenters. The molecular formula is C8H18O6. The van der Waals surface area contributed by atoms with Crippen molar-refractivity contribution in [3.8, 4) is 0 Å². The topological polar surface area (TPSA) is 115 Å². The van der Waals surface area contributed by atoms with E-state index >= 15 is 0 Å². The van der Waals surface area contributed by atoms with E-state index in [4.69, 9.17) is 30.0 Å². The molecule has 0 aromatic heterocycles. The van der Waals surface area contributed by atoms with Gasteiger partial charge in [-0.3, -0.25) is 0 Å². The Balaban J connectivity index is -0.0000000482. The van der Waals surface area contributed by atoms with Crippen molar-refractivity contribution < 1.29 is 30.0 Å². The van der Waals surface area contributed by atoms with Crippen LogP contribution in [-0.4, -0.2) is 32.7 Å². The van der Waals surface area contributed by atoms with Gasteiger partial charge in [-0.15, -0.1) is 6.58 Å². The van der Waals surface area contributed by atoms with Crippen LogP contribution >= 0.6 is 0 Å². The Labute approximate surface area is 83.1 Å². The van der Waals surface area contributed by atoms with Crippen LogP contribution in [0.5, 0.6) is 0 Å². The zero-order valence-corrected chi connectivity index (χ0v) is 8.60.